The summed E-state index contributed by atoms with van der Waals surface area (Å²) in [7, 11) is 0. The maximum absolute atomic E-state index is 12.0. The van der Waals surface area contributed by atoms with E-state index >= 15 is 0 Å². The number of carbonyl (C=O) groups excluding carboxylic acids is 3. The number of carbonyl (C=O) groups is 3. The van der Waals surface area contributed by atoms with Crippen molar-refractivity contribution < 1.29 is 14.4 Å². The maximum Gasteiger partial charge on any atom is 0.237 e. The highest BCUT2D eigenvalue weighted by molar-refractivity contribution is 9.10. The van der Waals surface area contributed by atoms with E-state index in [4.69, 9.17) is 11.5 Å². The lowest BCUT2D eigenvalue weighted by atomic mass is 10.1. The number of rotatable bonds is 9. The molecule has 0 spiro atoms. The first-order valence-corrected chi connectivity index (χ1v) is 7.76. The van der Waals surface area contributed by atoms with E-state index in [1.165, 1.54) is 5.56 Å². The van der Waals surface area contributed by atoms with Gasteiger partial charge < -0.3 is 16.4 Å². The number of nitrogens with two attached hydrogens (primary N) is 2. The molecule has 7 heteroatoms. The lowest BCUT2D eigenvalue weighted by molar-refractivity contribution is -0.138. The molecule has 3 amide bonds. The van der Waals surface area contributed by atoms with Gasteiger partial charge in [0.25, 0.3) is 0 Å². The molecule has 22 heavy (non-hydrogen) atoms. The standard InChI is InChI=1S/C15H20BrN3O3/c16-12-7-5-11(6-8-12)3-1-2-4-15(22)19(9-13(17)20)10-14(18)21/h5-8H,1-4,9-10H2,(H2,17,20)(H2,18,21). The fourth-order valence-electron chi connectivity index (χ4n) is 2.02. The summed E-state index contributed by atoms with van der Waals surface area (Å²) in [6, 6.07) is 8.00. The van der Waals surface area contributed by atoms with Gasteiger partial charge in [-0.2, -0.15) is 0 Å². The Hall–Kier alpha value is -1.89. The first kappa shape index (κ1) is 18.2. The summed E-state index contributed by atoms with van der Waals surface area (Å²) in [6.07, 6.45) is 2.64. The second-order valence-corrected chi connectivity index (χ2v) is 5.93. The number of unbranched alkanes of at least 4 members (excludes halogenated alkanes) is 1. The summed E-state index contributed by atoms with van der Waals surface area (Å²) >= 11 is 3.38. The molecule has 0 aliphatic heterocycles. The van der Waals surface area contributed by atoms with E-state index in [9.17, 15) is 14.4 Å². The van der Waals surface area contributed by atoms with E-state index in [-0.39, 0.29) is 25.4 Å². The fraction of sp³-hybridized carbons (Fsp3) is 0.400. The van der Waals surface area contributed by atoms with E-state index in [0.717, 1.165) is 22.2 Å². The van der Waals surface area contributed by atoms with Crippen LogP contribution in [0.5, 0.6) is 0 Å². The lowest BCUT2D eigenvalue weighted by Gasteiger charge is -2.19. The van der Waals surface area contributed by atoms with Crippen LogP contribution in [0.25, 0.3) is 0 Å². The van der Waals surface area contributed by atoms with Gasteiger partial charge in [-0.05, 0) is 37.0 Å². The highest BCUT2D eigenvalue weighted by Gasteiger charge is 2.17. The molecule has 0 radical (unpaired) electrons. The Balaban J connectivity index is 2.37. The molecule has 0 aliphatic rings. The maximum atomic E-state index is 12.0. The van der Waals surface area contributed by atoms with E-state index < -0.39 is 11.8 Å². The number of primary amides is 2. The van der Waals surface area contributed by atoms with Gasteiger partial charge in [0.15, 0.2) is 0 Å². The molecule has 0 saturated carbocycles. The molecule has 4 N–H and O–H groups in total. The molecule has 0 unspecified atom stereocenters. The summed E-state index contributed by atoms with van der Waals surface area (Å²) in [6.45, 7) is -0.566. The average molecular weight is 370 g/mol. The molecule has 1 rings (SSSR count). The van der Waals surface area contributed by atoms with Crippen LogP contribution < -0.4 is 11.5 Å². The van der Waals surface area contributed by atoms with Crippen molar-refractivity contribution in [2.75, 3.05) is 13.1 Å². The van der Waals surface area contributed by atoms with E-state index in [1.807, 2.05) is 24.3 Å². The SMILES string of the molecule is NC(=O)CN(CC(N)=O)C(=O)CCCCc1ccc(Br)cc1. The van der Waals surface area contributed by atoms with Gasteiger partial charge in [0.05, 0.1) is 13.1 Å². The van der Waals surface area contributed by atoms with Crippen molar-refractivity contribution in [1.82, 2.24) is 4.90 Å². The van der Waals surface area contributed by atoms with Gasteiger partial charge in [-0.1, -0.05) is 28.1 Å². The molecule has 0 bridgehead atoms. The minimum atomic E-state index is -0.663. The largest absolute Gasteiger partial charge is 0.368 e. The number of halogens is 1. The predicted molar refractivity (Wildman–Crippen MR) is 86.7 cm³/mol. The summed E-state index contributed by atoms with van der Waals surface area (Å²) in [4.78, 5) is 34.9. The molecule has 1 aromatic carbocycles. The molecule has 1 aromatic rings. The van der Waals surface area contributed by atoms with Crippen molar-refractivity contribution in [1.29, 1.82) is 0 Å². The Morgan fingerprint density at radius 1 is 0.955 bits per heavy atom. The van der Waals surface area contributed by atoms with Gasteiger partial charge in [-0.25, -0.2) is 0 Å². The second-order valence-electron chi connectivity index (χ2n) is 5.02. The molecule has 120 valence electrons. The van der Waals surface area contributed by atoms with Crippen LogP contribution in [-0.4, -0.2) is 35.7 Å². The number of hydrogen-bond acceptors (Lipinski definition) is 3. The summed E-state index contributed by atoms with van der Waals surface area (Å²) in [5.74, 6) is -1.61. The summed E-state index contributed by atoms with van der Waals surface area (Å²) in [5.41, 5.74) is 11.3. The van der Waals surface area contributed by atoms with Crippen LogP contribution in [0.15, 0.2) is 28.7 Å². The van der Waals surface area contributed by atoms with E-state index in [2.05, 4.69) is 15.9 Å². The van der Waals surface area contributed by atoms with Crippen molar-refractivity contribution in [3.63, 3.8) is 0 Å². The third-order valence-electron chi connectivity index (χ3n) is 3.07. The first-order valence-electron chi connectivity index (χ1n) is 6.97. The lowest BCUT2D eigenvalue weighted by Crippen LogP contribution is -2.43. The van der Waals surface area contributed by atoms with Crippen molar-refractivity contribution in [2.45, 2.75) is 25.7 Å². The number of aryl methyl sites for hydroxylation is 1. The number of benzene rings is 1. The highest BCUT2D eigenvalue weighted by atomic mass is 79.9. The molecule has 0 saturated heterocycles. The van der Waals surface area contributed by atoms with Gasteiger partial charge >= 0.3 is 0 Å². The minimum Gasteiger partial charge on any atom is -0.368 e. The van der Waals surface area contributed by atoms with Crippen LogP contribution in [0.1, 0.15) is 24.8 Å². The van der Waals surface area contributed by atoms with Gasteiger partial charge in [0, 0.05) is 10.9 Å². The van der Waals surface area contributed by atoms with Gasteiger partial charge in [0.1, 0.15) is 0 Å². The topological polar surface area (TPSA) is 106 Å². The predicted octanol–water partition coefficient (Wildman–Crippen LogP) is 0.961. The molecular formula is C15H20BrN3O3. The summed E-state index contributed by atoms with van der Waals surface area (Å²) in [5, 5.41) is 0. The molecule has 0 aromatic heterocycles. The van der Waals surface area contributed by atoms with Crippen LogP contribution in [-0.2, 0) is 20.8 Å². The number of hydrogen-bond donors (Lipinski definition) is 2. The third kappa shape index (κ3) is 7.21. The fourth-order valence-corrected chi connectivity index (χ4v) is 2.29. The Bertz CT molecular complexity index is 515. The third-order valence-corrected chi connectivity index (χ3v) is 3.59. The van der Waals surface area contributed by atoms with Crippen LogP contribution in [0.3, 0.4) is 0 Å². The highest BCUT2D eigenvalue weighted by Crippen LogP contribution is 2.13. The van der Waals surface area contributed by atoms with Crippen LogP contribution in [0.4, 0.5) is 0 Å². The Morgan fingerprint density at radius 3 is 2.00 bits per heavy atom. The summed E-state index contributed by atoms with van der Waals surface area (Å²) < 4.78 is 1.03. The van der Waals surface area contributed by atoms with Crippen molar-refractivity contribution in [2.24, 2.45) is 11.5 Å². The second kappa shape index (κ2) is 9.19. The average Bonchev–Trinajstić information content (AvgIpc) is 2.43. The normalized spacial score (nSPS) is 10.2. The van der Waals surface area contributed by atoms with Crippen LogP contribution in [0.2, 0.25) is 0 Å². The quantitative estimate of drug-likeness (QED) is 0.633. The van der Waals surface area contributed by atoms with Crippen molar-refractivity contribution in [3.8, 4) is 0 Å². The molecule has 0 heterocycles. The Labute approximate surface area is 138 Å². The minimum absolute atomic E-state index is 0.261. The first-order chi connectivity index (χ1) is 10.4. The number of amides is 3. The van der Waals surface area contributed by atoms with Gasteiger partial charge in [-0.15, -0.1) is 0 Å². The molecule has 0 atom stereocenters. The molecule has 6 nitrogen and oxygen atoms in total. The van der Waals surface area contributed by atoms with Gasteiger partial charge in [-0.3, -0.25) is 14.4 Å². The van der Waals surface area contributed by atoms with Crippen LogP contribution >= 0.6 is 15.9 Å². The van der Waals surface area contributed by atoms with Crippen LogP contribution in [0, 0.1) is 0 Å². The van der Waals surface area contributed by atoms with Crippen molar-refractivity contribution in [3.05, 3.63) is 34.3 Å². The molecule has 0 fully saturated rings. The monoisotopic (exact) mass is 369 g/mol. The Kier molecular flexibility index (Phi) is 7.59. The number of nitrogens with zero attached hydrogens (tertiary/aromatic N) is 1. The zero-order valence-corrected chi connectivity index (χ0v) is 13.8. The van der Waals surface area contributed by atoms with Gasteiger partial charge in [0.2, 0.25) is 17.7 Å². The van der Waals surface area contributed by atoms with E-state index in [0.29, 0.717) is 6.42 Å². The Morgan fingerprint density at radius 2 is 1.50 bits per heavy atom. The van der Waals surface area contributed by atoms with E-state index in [1.54, 1.807) is 0 Å². The molecular weight excluding hydrogens is 350 g/mol. The molecule has 0 aliphatic carbocycles. The zero-order chi connectivity index (χ0) is 16.5. The smallest absolute Gasteiger partial charge is 0.237 e. The van der Waals surface area contributed by atoms with Crippen molar-refractivity contribution >= 4 is 33.7 Å². The zero-order valence-electron chi connectivity index (χ0n) is 12.3.